The summed E-state index contributed by atoms with van der Waals surface area (Å²) in [6.07, 6.45) is 0. The maximum Gasteiger partial charge on any atom is 0.252 e. The van der Waals surface area contributed by atoms with E-state index < -0.39 is 15.6 Å². The Hall–Kier alpha value is -0.630. The van der Waals surface area contributed by atoms with Gasteiger partial charge in [-0.1, -0.05) is 0 Å². The number of nitrogen functional groups attached to an aromatic ring is 1. The van der Waals surface area contributed by atoms with Crippen molar-refractivity contribution in [2.24, 2.45) is 0 Å². The van der Waals surface area contributed by atoms with Crippen molar-refractivity contribution in [2.75, 3.05) is 19.4 Å². The number of sulfonamides is 1. The molecule has 0 aliphatic carbocycles. The molecular weight excluding hydrogens is 248 g/mol. The lowest BCUT2D eigenvalue weighted by molar-refractivity contribution is 0.138. The summed E-state index contributed by atoms with van der Waals surface area (Å²) in [4.78, 5) is 0. The molecule has 7 heteroatoms. The topological polar surface area (TPSA) is 83.6 Å². The van der Waals surface area contributed by atoms with Gasteiger partial charge in [0.05, 0.1) is 12.1 Å². The van der Waals surface area contributed by atoms with Gasteiger partial charge in [0.25, 0.3) is 10.0 Å². The molecule has 0 saturated carbocycles. The molecule has 1 heterocycles. The standard InChI is InChI=1S/C9H16N2O3S2/c1-9(2,6-12)11(3)16(13,14)8-4-7(10)5-15-8/h4-5,12H,6,10H2,1-3H3. The zero-order chi connectivity index (χ0) is 12.6. The van der Waals surface area contributed by atoms with E-state index in [0.29, 0.717) is 5.69 Å². The van der Waals surface area contributed by atoms with E-state index in [0.717, 1.165) is 15.6 Å². The van der Waals surface area contributed by atoms with Gasteiger partial charge in [-0.25, -0.2) is 8.42 Å². The van der Waals surface area contributed by atoms with E-state index in [1.54, 1.807) is 19.2 Å². The molecule has 0 aliphatic rings. The number of hydrogen-bond acceptors (Lipinski definition) is 5. The molecule has 0 unspecified atom stereocenters. The van der Waals surface area contributed by atoms with Crippen LogP contribution in [0.5, 0.6) is 0 Å². The normalized spacial score (nSPS) is 13.3. The van der Waals surface area contributed by atoms with E-state index in [9.17, 15) is 8.42 Å². The van der Waals surface area contributed by atoms with E-state index in [1.807, 2.05) is 0 Å². The number of aliphatic hydroxyl groups excluding tert-OH is 1. The quantitative estimate of drug-likeness (QED) is 0.839. The second-order valence-electron chi connectivity index (χ2n) is 4.14. The van der Waals surface area contributed by atoms with E-state index in [-0.39, 0.29) is 10.8 Å². The lowest BCUT2D eigenvalue weighted by Gasteiger charge is -2.32. The summed E-state index contributed by atoms with van der Waals surface area (Å²) in [5.41, 5.74) is 5.09. The Morgan fingerprint density at radius 2 is 2.12 bits per heavy atom. The smallest absolute Gasteiger partial charge is 0.252 e. The SMILES string of the molecule is CN(C(C)(C)CO)S(=O)(=O)c1cc(N)cs1. The van der Waals surface area contributed by atoms with Gasteiger partial charge in [-0.05, 0) is 19.9 Å². The summed E-state index contributed by atoms with van der Waals surface area (Å²) in [7, 11) is -2.13. The Bertz CT molecular complexity index is 465. The summed E-state index contributed by atoms with van der Waals surface area (Å²) in [5.74, 6) is 0. The van der Waals surface area contributed by atoms with Crippen LogP contribution in [0.15, 0.2) is 15.7 Å². The third kappa shape index (κ3) is 2.37. The molecule has 0 atom stereocenters. The first-order chi connectivity index (χ1) is 7.21. The van der Waals surface area contributed by atoms with E-state index >= 15 is 0 Å². The van der Waals surface area contributed by atoms with Crippen molar-refractivity contribution >= 4 is 27.0 Å². The van der Waals surface area contributed by atoms with Gasteiger partial charge in [-0.2, -0.15) is 4.31 Å². The molecule has 1 aromatic rings. The van der Waals surface area contributed by atoms with Crippen molar-refractivity contribution in [3.63, 3.8) is 0 Å². The largest absolute Gasteiger partial charge is 0.398 e. The maximum atomic E-state index is 12.1. The van der Waals surface area contributed by atoms with Crippen molar-refractivity contribution in [3.8, 4) is 0 Å². The van der Waals surface area contributed by atoms with Gasteiger partial charge in [-0.3, -0.25) is 0 Å². The molecule has 5 nitrogen and oxygen atoms in total. The highest BCUT2D eigenvalue weighted by atomic mass is 32.2. The van der Waals surface area contributed by atoms with Crippen LogP contribution in [0.25, 0.3) is 0 Å². The molecule has 0 bridgehead atoms. The summed E-state index contributed by atoms with van der Waals surface area (Å²) >= 11 is 1.08. The molecule has 1 rings (SSSR count). The van der Waals surface area contributed by atoms with Crippen LogP contribution in [-0.4, -0.2) is 37.0 Å². The molecule has 0 radical (unpaired) electrons. The van der Waals surface area contributed by atoms with Crippen molar-refractivity contribution in [1.29, 1.82) is 0 Å². The zero-order valence-electron chi connectivity index (χ0n) is 9.47. The van der Waals surface area contributed by atoms with E-state index in [4.69, 9.17) is 10.8 Å². The molecule has 1 aromatic heterocycles. The van der Waals surface area contributed by atoms with Crippen LogP contribution in [0.3, 0.4) is 0 Å². The number of thiophene rings is 1. The first kappa shape index (κ1) is 13.4. The highest BCUT2D eigenvalue weighted by molar-refractivity contribution is 7.91. The first-order valence-corrected chi connectivity index (χ1v) is 6.97. The van der Waals surface area contributed by atoms with Gasteiger partial charge < -0.3 is 10.8 Å². The molecule has 0 aromatic carbocycles. The molecule has 0 amide bonds. The number of rotatable bonds is 4. The molecule has 0 saturated heterocycles. The molecular formula is C9H16N2O3S2. The second kappa shape index (κ2) is 4.33. The number of nitrogens with zero attached hydrogens (tertiary/aromatic N) is 1. The lowest BCUT2D eigenvalue weighted by Crippen LogP contribution is -2.47. The fourth-order valence-electron chi connectivity index (χ4n) is 1.03. The Kier molecular flexibility index (Phi) is 3.63. The Morgan fingerprint density at radius 3 is 2.50 bits per heavy atom. The third-order valence-corrected chi connectivity index (χ3v) is 5.95. The van der Waals surface area contributed by atoms with Gasteiger partial charge in [-0.15, -0.1) is 11.3 Å². The lowest BCUT2D eigenvalue weighted by atomic mass is 10.1. The highest BCUT2D eigenvalue weighted by Crippen LogP contribution is 2.28. The Balaban J connectivity index is 3.13. The summed E-state index contributed by atoms with van der Waals surface area (Å²) in [5, 5.41) is 10.7. The van der Waals surface area contributed by atoms with Crippen LogP contribution < -0.4 is 5.73 Å². The van der Waals surface area contributed by atoms with Crippen LogP contribution >= 0.6 is 11.3 Å². The third-order valence-electron chi connectivity index (χ3n) is 2.45. The predicted molar refractivity (Wildman–Crippen MR) is 64.8 cm³/mol. The summed E-state index contributed by atoms with van der Waals surface area (Å²) in [6, 6.07) is 1.42. The molecule has 92 valence electrons. The van der Waals surface area contributed by atoms with E-state index in [2.05, 4.69) is 0 Å². The number of hydrogen-bond donors (Lipinski definition) is 2. The van der Waals surface area contributed by atoms with E-state index in [1.165, 1.54) is 13.1 Å². The van der Waals surface area contributed by atoms with Crippen molar-refractivity contribution < 1.29 is 13.5 Å². The number of anilines is 1. The van der Waals surface area contributed by atoms with Crippen LogP contribution in [0, 0.1) is 0 Å². The van der Waals surface area contributed by atoms with Crippen LogP contribution in [0.1, 0.15) is 13.8 Å². The summed E-state index contributed by atoms with van der Waals surface area (Å²) < 4.78 is 25.6. The van der Waals surface area contributed by atoms with Gasteiger partial charge >= 0.3 is 0 Å². The van der Waals surface area contributed by atoms with Crippen molar-refractivity contribution in [1.82, 2.24) is 4.31 Å². The first-order valence-electron chi connectivity index (χ1n) is 4.66. The van der Waals surface area contributed by atoms with Gasteiger partial charge in [0, 0.05) is 18.1 Å². The molecule has 0 aliphatic heterocycles. The zero-order valence-corrected chi connectivity index (χ0v) is 11.1. The Morgan fingerprint density at radius 1 is 1.56 bits per heavy atom. The van der Waals surface area contributed by atoms with Crippen molar-refractivity contribution in [2.45, 2.75) is 23.6 Å². The fourth-order valence-corrected chi connectivity index (χ4v) is 3.78. The molecule has 0 spiro atoms. The predicted octanol–water partition coefficient (Wildman–Crippen LogP) is 0.722. The average molecular weight is 264 g/mol. The fraction of sp³-hybridized carbons (Fsp3) is 0.556. The molecule has 16 heavy (non-hydrogen) atoms. The van der Waals surface area contributed by atoms with Crippen molar-refractivity contribution in [3.05, 3.63) is 11.4 Å². The minimum Gasteiger partial charge on any atom is -0.398 e. The minimum atomic E-state index is -3.58. The van der Waals surface area contributed by atoms with Crippen LogP contribution in [-0.2, 0) is 10.0 Å². The highest BCUT2D eigenvalue weighted by Gasteiger charge is 2.34. The minimum absolute atomic E-state index is 0.189. The molecule has 3 N–H and O–H groups in total. The Labute approximate surface area is 99.6 Å². The van der Waals surface area contributed by atoms with Crippen LogP contribution in [0.2, 0.25) is 0 Å². The maximum absolute atomic E-state index is 12.1. The second-order valence-corrected chi connectivity index (χ2v) is 7.25. The van der Waals surface area contributed by atoms with Crippen LogP contribution in [0.4, 0.5) is 5.69 Å². The van der Waals surface area contributed by atoms with Gasteiger partial charge in [0.2, 0.25) is 0 Å². The summed E-state index contributed by atoms with van der Waals surface area (Å²) in [6.45, 7) is 3.06. The average Bonchev–Trinajstić information content (AvgIpc) is 2.64. The number of nitrogens with two attached hydrogens (primary N) is 1. The van der Waals surface area contributed by atoms with Gasteiger partial charge in [0.15, 0.2) is 0 Å². The van der Waals surface area contributed by atoms with Gasteiger partial charge in [0.1, 0.15) is 4.21 Å². The number of aliphatic hydroxyl groups is 1. The molecule has 0 fully saturated rings. The number of likely N-dealkylation sites (N-methyl/N-ethyl adjacent to an activating group) is 1. The monoisotopic (exact) mass is 264 g/mol.